The highest BCUT2D eigenvalue weighted by molar-refractivity contribution is 5.78. The Labute approximate surface area is 108 Å². The van der Waals surface area contributed by atoms with Crippen LogP contribution in [0.25, 0.3) is 0 Å². The second-order valence-corrected chi connectivity index (χ2v) is 5.74. The van der Waals surface area contributed by atoms with Gasteiger partial charge in [-0.15, -0.1) is 0 Å². The summed E-state index contributed by atoms with van der Waals surface area (Å²) in [6.07, 6.45) is 8.63. The predicted octanol–water partition coefficient (Wildman–Crippen LogP) is 2.33. The monoisotopic (exact) mass is 253 g/mol. The van der Waals surface area contributed by atoms with E-state index in [0.29, 0.717) is 12.8 Å². The summed E-state index contributed by atoms with van der Waals surface area (Å²) in [5.41, 5.74) is 0. The van der Waals surface area contributed by atoms with Gasteiger partial charge in [0.1, 0.15) is 0 Å². The summed E-state index contributed by atoms with van der Waals surface area (Å²) >= 11 is 0. The fourth-order valence-electron chi connectivity index (χ4n) is 2.80. The van der Waals surface area contributed by atoms with Crippen molar-refractivity contribution in [3.8, 4) is 0 Å². The number of hydrogen-bond donors (Lipinski definition) is 2. The number of carbonyl (C=O) groups is 2. The Bertz CT molecular complexity index is 312. The van der Waals surface area contributed by atoms with Crippen LogP contribution in [0.4, 0.5) is 0 Å². The number of carboxylic acids is 1. The van der Waals surface area contributed by atoms with Gasteiger partial charge in [-0.05, 0) is 25.2 Å². The van der Waals surface area contributed by atoms with E-state index in [1.807, 2.05) is 0 Å². The quantitative estimate of drug-likeness (QED) is 0.739. The van der Waals surface area contributed by atoms with Crippen molar-refractivity contribution >= 4 is 11.9 Å². The molecule has 2 rings (SSSR count). The predicted molar refractivity (Wildman–Crippen MR) is 68.1 cm³/mol. The van der Waals surface area contributed by atoms with Crippen LogP contribution >= 0.6 is 0 Å². The highest BCUT2D eigenvalue weighted by Gasteiger charge is 2.31. The maximum Gasteiger partial charge on any atom is 0.308 e. The summed E-state index contributed by atoms with van der Waals surface area (Å²) in [6, 6.07) is -0.156. The largest absolute Gasteiger partial charge is 0.481 e. The lowest BCUT2D eigenvalue weighted by molar-refractivity contribution is -0.143. The molecule has 4 nitrogen and oxygen atoms in total. The lowest BCUT2D eigenvalue weighted by Crippen LogP contribution is -2.42. The van der Waals surface area contributed by atoms with Crippen molar-refractivity contribution in [1.82, 2.24) is 5.32 Å². The molecule has 0 heterocycles. The van der Waals surface area contributed by atoms with Crippen LogP contribution in [0.5, 0.6) is 0 Å². The Morgan fingerprint density at radius 1 is 1.06 bits per heavy atom. The zero-order valence-corrected chi connectivity index (χ0v) is 10.9. The zero-order valence-electron chi connectivity index (χ0n) is 10.9. The first-order valence-corrected chi connectivity index (χ1v) is 7.19. The molecule has 0 radical (unpaired) electrons. The minimum atomic E-state index is -0.760. The lowest BCUT2D eigenvalue weighted by atomic mass is 9.94. The van der Waals surface area contributed by atoms with Crippen molar-refractivity contribution in [2.75, 3.05) is 0 Å². The van der Waals surface area contributed by atoms with E-state index in [1.165, 1.54) is 12.8 Å². The topological polar surface area (TPSA) is 66.4 Å². The maximum atomic E-state index is 11.8. The second kappa shape index (κ2) is 6.21. The van der Waals surface area contributed by atoms with Crippen LogP contribution < -0.4 is 5.32 Å². The molecule has 0 aromatic heterocycles. The molecule has 2 atom stereocenters. The van der Waals surface area contributed by atoms with Crippen molar-refractivity contribution in [3.63, 3.8) is 0 Å². The zero-order chi connectivity index (χ0) is 13.0. The van der Waals surface area contributed by atoms with Crippen LogP contribution in [0, 0.1) is 11.8 Å². The Balaban J connectivity index is 1.82. The van der Waals surface area contributed by atoms with E-state index in [2.05, 4.69) is 5.32 Å². The molecule has 0 bridgehead atoms. The van der Waals surface area contributed by atoms with E-state index in [1.54, 1.807) is 0 Å². The van der Waals surface area contributed by atoms with Crippen LogP contribution in [-0.4, -0.2) is 23.0 Å². The summed E-state index contributed by atoms with van der Waals surface area (Å²) in [6.45, 7) is 0. The molecule has 0 aliphatic heterocycles. The van der Waals surface area contributed by atoms with Crippen molar-refractivity contribution in [2.24, 2.45) is 11.8 Å². The van der Waals surface area contributed by atoms with Gasteiger partial charge in [0.05, 0.1) is 5.92 Å². The van der Waals surface area contributed by atoms with Crippen molar-refractivity contribution in [3.05, 3.63) is 0 Å². The average molecular weight is 253 g/mol. The van der Waals surface area contributed by atoms with Gasteiger partial charge >= 0.3 is 5.97 Å². The summed E-state index contributed by atoms with van der Waals surface area (Å²) in [5, 5.41) is 12.2. The number of rotatable bonds is 5. The van der Waals surface area contributed by atoms with Gasteiger partial charge in [-0.2, -0.15) is 0 Å². The van der Waals surface area contributed by atoms with Crippen molar-refractivity contribution in [2.45, 2.75) is 63.8 Å². The standard InChI is InChI=1S/C14H23NO3/c16-13(9-8-10-6-7-10)15-12-5-3-1-2-4-11(12)14(17)18/h10-12H,1-9H2,(H,15,16)(H,17,18)/t11-,12+/m1/s1. The van der Waals surface area contributed by atoms with Crippen LogP contribution in [-0.2, 0) is 9.59 Å². The molecule has 102 valence electrons. The SMILES string of the molecule is O=C(CCC1CC1)N[C@H]1CCCCC[C@H]1C(=O)O. The minimum absolute atomic E-state index is 0.0417. The van der Waals surface area contributed by atoms with Crippen LogP contribution in [0.1, 0.15) is 57.8 Å². The molecule has 0 saturated heterocycles. The number of aliphatic carboxylic acids is 1. The molecule has 4 heteroatoms. The van der Waals surface area contributed by atoms with E-state index in [9.17, 15) is 14.7 Å². The van der Waals surface area contributed by atoms with Crippen molar-refractivity contribution in [1.29, 1.82) is 0 Å². The van der Waals surface area contributed by atoms with Crippen molar-refractivity contribution < 1.29 is 14.7 Å². The number of hydrogen-bond acceptors (Lipinski definition) is 2. The van der Waals surface area contributed by atoms with Gasteiger partial charge in [-0.1, -0.05) is 32.1 Å². The third kappa shape index (κ3) is 4.00. The van der Waals surface area contributed by atoms with Gasteiger partial charge in [0, 0.05) is 12.5 Å². The highest BCUT2D eigenvalue weighted by Crippen LogP contribution is 2.33. The first kappa shape index (κ1) is 13.4. The molecule has 0 aromatic rings. The summed E-state index contributed by atoms with van der Waals surface area (Å²) < 4.78 is 0. The van der Waals surface area contributed by atoms with Gasteiger partial charge in [0.25, 0.3) is 0 Å². The Morgan fingerprint density at radius 2 is 1.78 bits per heavy atom. The highest BCUT2D eigenvalue weighted by atomic mass is 16.4. The molecule has 2 saturated carbocycles. The first-order valence-electron chi connectivity index (χ1n) is 7.19. The fraction of sp³-hybridized carbons (Fsp3) is 0.857. The normalized spacial score (nSPS) is 28.4. The maximum absolute atomic E-state index is 11.8. The lowest BCUT2D eigenvalue weighted by Gasteiger charge is -2.22. The molecule has 0 unspecified atom stereocenters. The molecule has 0 spiro atoms. The molecule has 18 heavy (non-hydrogen) atoms. The summed E-state index contributed by atoms with van der Waals surface area (Å²) in [7, 11) is 0. The summed E-state index contributed by atoms with van der Waals surface area (Å²) in [5.74, 6) is -0.359. The van der Waals surface area contributed by atoms with Crippen LogP contribution in [0.2, 0.25) is 0 Å². The molecule has 2 aliphatic rings. The van der Waals surface area contributed by atoms with E-state index in [0.717, 1.165) is 38.0 Å². The third-order valence-electron chi connectivity index (χ3n) is 4.16. The van der Waals surface area contributed by atoms with E-state index in [4.69, 9.17) is 0 Å². The van der Waals surface area contributed by atoms with Gasteiger partial charge in [-0.25, -0.2) is 0 Å². The van der Waals surface area contributed by atoms with Crippen LogP contribution in [0.15, 0.2) is 0 Å². The van der Waals surface area contributed by atoms with Crippen LogP contribution in [0.3, 0.4) is 0 Å². The van der Waals surface area contributed by atoms with Gasteiger partial charge in [-0.3, -0.25) is 9.59 Å². The number of carboxylic acid groups (broad SMARTS) is 1. The molecule has 2 N–H and O–H groups in total. The number of nitrogens with one attached hydrogen (secondary N) is 1. The van der Waals surface area contributed by atoms with Gasteiger partial charge in [0.2, 0.25) is 5.91 Å². The Morgan fingerprint density at radius 3 is 2.44 bits per heavy atom. The average Bonchev–Trinajstić information content (AvgIpc) is 3.13. The first-order chi connectivity index (χ1) is 8.66. The molecule has 1 amide bonds. The third-order valence-corrected chi connectivity index (χ3v) is 4.16. The Hall–Kier alpha value is -1.06. The molecule has 2 aliphatic carbocycles. The van der Waals surface area contributed by atoms with E-state index in [-0.39, 0.29) is 11.9 Å². The van der Waals surface area contributed by atoms with E-state index >= 15 is 0 Å². The van der Waals surface area contributed by atoms with Gasteiger partial charge in [0.15, 0.2) is 0 Å². The number of carbonyl (C=O) groups excluding carboxylic acids is 1. The molecular weight excluding hydrogens is 230 g/mol. The smallest absolute Gasteiger partial charge is 0.308 e. The molecular formula is C14H23NO3. The fourth-order valence-corrected chi connectivity index (χ4v) is 2.80. The van der Waals surface area contributed by atoms with E-state index < -0.39 is 11.9 Å². The molecule has 2 fully saturated rings. The minimum Gasteiger partial charge on any atom is -0.481 e. The molecule has 0 aromatic carbocycles. The number of amides is 1. The Kier molecular flexibility index (Phi) is 4.61. The van der Waals surface area contributed by atoms with Gasteiger partial charge < -0.3 is 10.4 Å². The summed E-state index contributed by atoms with van der Waals surface area (Å²) in [4.78, 5) is 23.0. The second-order valence-electron chi connectivity index (χ2n) is 5.74.